The summed E-state index contributed by atoms with van der Waals surface area (Å²) in [5.74, 6) is 0.664. The van der Waals surface area contributed by atoms with Crippen molar-refractivity contribution < 1.29 is 4.84 Å². The molecule has 1 fully saturated rings. The molecule has 1 unspecified atom stereocenters. The Morgan fingerprint density at radius 1 is 0.810 bits per heavy atom. The number of oxime groups is 1. The molecule has 3 rings (SSSR count). The van der Waals surface area contributed by atoms with Gasteiger partial charge in [-0.15, -0.1) is 0 Å². The van der Waals surface area contributed by atoms with E-state index in [1.54, 1.807) is 0 Å². The van der Waals surface area contributed by atoms with Crippen LogP contribution in [0.15, 0.2) is 35.5 Å². The van der Waals surface area contributed by atoms with Crippen molar-refractivity contribution in [2.24, 2.45) is 11.1 Å². The molecule has 1 aromatic rings. The third-order valence-electron chi connectivity index (χ3n) is 4.94. The molecule has 114 valence electrons. The smallest absolute Gasteiger partial charge is 0.157 e. The largest absolute Gasteiger partial charge is 0.387 e. The van der Waals surface area contributed by atoms with E-state index < -0.39 is 0 Å². The van der Waals surface area contributed by atoms with Gasteiger partial charge in [-0.25, -0.2) is 0 Å². The van der Waals surface area contributed by atoms with E-state index in [0.29, 0.717) is 5.92 Å². The Kier molecular flexibility index (Phi) is 5.31. The SMILES string of the molecule is c1ccc(C2CC(C3CCCCCCCCC3)=NO2)cc1. The van der Waals surface area contributed by atoms with Gasteiger partial charge in [0, 0.05) is 12.3 Å². The van der Waals surface area contributed by atoms with Crippen molar-refractivity contribution in [3.8, 4) is 0 Å². The highest BCUT2D eigenvalue weighted by Gasteiger charge is 2.27. The standard InChI is InChI=1S/C19H27NO/c1-2-4-7-11-16(12-8-5-3-1)18-15-19(21-20-18)17-13-9-6-10-14-17/h6,9-10,13-14,16,19H,1-5,7-8,11-12,15H2. The average molecular weight is 285 g/mol. The lowest BCUT2D eigenvalue weighted by Crippen LogP contribution is -2.14. The zero-order valence-electron chi connectivity index (χ0n) is 13.0. The highest BCUT2D eigenvalue weighted by Crippen LogP contribution is 2.33. The summed E-state index contributed by atoms with van der Waals surface area (Å²) in [6, 6.07) is 10.5. The molecule has 1 heterocycles. The molecule has 1 aliphatic carbocycles. The number of hydrogen-bond donors (Lipinski definition) is 0. The van der Waals surface area contributed by atoms with Crippen LogP contribution in [0.1, 0.15) is 75.9 Å². The molecule has 0 saturated heterocycles. The maximum absolute atomic E-state index is 5.72. The second-order valence-electron chi connectivity index (χ2n) is 6.54. The van der Waals surface area contributed by atoms with Gasteiger partial charge >= 0.3 is 0 Å². The second kappa shape index (κ2) is 7.63. The first-order valence-corrected chi connectivity index (χ1v) is 8.71. The molecular weight excluding hydrogens is 258 g/mol. The Balaban J connectivity index is 1.58. The monoisotopic (exact) mass is 285 g/mol. The Labute approximate surface area is 128 Å². The van der Waals surface area contributed by atoms with Crippen LogP contribution in [0.5, 0.6) is 0 Å². The number of hydrogen-bond acceptors (Lipinski definition) is 2. The van der Waals surface area contributed by atoms with Crippen molar-refractivity contribution in [3.05, 3.63) is 35.9 Å². The van der Waals surface area contributed by atoms with E-state index >= 15 is 0 Å². The summed E-state index contributed by atoms with van der Waals surface area (Å²) in [6.07, 6.45) is 13.5. The van der Waals surface area contributed by atoms with Gasteiger partial charge in [0.15, 0.2) is 6.10 Å². The molecule has 0 amide bonds. The fourth-order valence-electron chi connectivity index (χ4n) is 3.63. The van der Waals surface area contributed by atoms with Crippen molar-refractivity contribution in [2.45, 2.75) is 70.3 Å². The topological polar surface area (TPSA) is 21.6 Å². The lowest BCUT2D eigenvalue weighted by Gasteiger charge is -2.18. The zero-order valence-corrected chi connectivity index (χ0v) is 13.0. The van der Waals surface area contributed by atoms with Gasteiger partial charge < -0.3 is 4.84 Å². The summed E-state index contributed by atoms with van der Waals surface area (Å²) in [5, 5.41) is 4.46. The molecule has 0 radical (unpaired) electrons. The Bertz CT molecular complexity index is 444. The lowest BCUT2D eigenvalue weighted by atomic mass is 9.86. The van der Waals surface area contributed by atoms with E-state index in [1.165, 1.54) is 69.1 Å². The third kappa shape index (κ3) is 4.09. The van der Waals surface area contributed by atoms with Crippen molar-refractivity contribution in [1.82, 2.24) is 0 Å². The van der Waals surface area contributed by atoms with Crippen LogP contribution in [-0.4, -0.2) is 5.71 Å². The first-order chi connectivity index (χ1) is 10.4. The first-order valence-electron chi connectivity index (χ1n) is 8.71. The van der Waals surface area contributed by atoms with Crippen LogP contribution in [0.4, 0.5) is 0 Å². The molecule has 0 bridgehead atoms. The van der Waals surface area contributed by atoms with Crippen molar-refractivity contribution >= 4 is 5.71 Å². The van der Waals surface area contributed by atoms with Crippen LogP contribution in [0.25, 0.3) is 0 Å². The molecule has 0 spiro atoms. The number of rotatable bonds is 2. The minimum absolute atomic E-state index is 0.150. The summed E-state index contributed by atoms with van der Waals surface area (Å²) in [4.78, 5) is 5.72. The molecule has 0 N–H and O–H groups in total. The van der Waals surface area contributed by atoms with Gasteiger partial charge in [-0.1, -0.05) is 80.4 Å². The van der Waals surface area contributed by atoms with E-state index in [2.05, 4.69) is 35.5 Å². The minimum atomic E-state index is 0.150. The Morgan fingerprint density at radius 3 is 2.10 bits per heavy atom. The summed E-state index contributed by atoms with van der Waals surface area (Å²) in [5.41, 5.74) is 2.58. The van der Waals surface area contributed by atoms with E-state index in [1.807, 2.05) is 0 Å². The molecule has 2 heteroatoms. The highest BCUT2D eigenvalue weighted by molar-refractivity contribution is 5.87. The average Bonchev–Trinajstić information content (AvgIpc) is 3.03. The molecule has 21 heavy (non-hydrogen) atoms. The third-order valence-corrected chi connectivity index (χ3v) is 4.94. The fraction of sp³-hybridized carbons (Fsp3) is 0.632. The zero-order chi connectivity index (χ0) is 14.3. The summed E-state index contributed by atoms with van der Waals surface area (Å²) in [6.45, 7) is 0. The predicted molar refractivity (Wildman–Crippen MR) is 87.4 cm³/mol. The summed E-state index contributed by atoms with van der Waals surface area (Å²) >= 11 is 0. The molecule has 1 saturated carbocycles. The molecule has 1 aliphatic heterocycles. The van der Waals surface area contributed by atoms with E-state index in [-0.39, 0.29) is 6.10 Å². The van der Waals surface area contributed by atoms with Gasteiger partial charge in [-0.3, -0.25) is 0 Å². The van der Waals surface area contributed by atoms with Crippen LogP contribution in [-0.2, 0) is 4.84 Å². The van der Waals surface area contributed by atoms with Crippen LogP contribution >= 0.6 is 0 Å². The van der Waals surface area contributed by atoms with Crippen molar-refractivity contribution in [3.63, 3.8) is 0 Å². The van der Waals surface area contributed by atoms with Crippen LogP contribution in [0.3, 0.4) is 0 Å². The normalized spacial score (nSPS) is 25.1. The molecular formula is C19H27NO. The summed E-state index contributed by atoms with van der Waals surface area (Å²) < 4.78 is 0. The Morgan fingerprint density at radius 2 is 1.43 bits per heavy atom. The van der Waals surface area contributed by atoms with Gasteiger partial charge in [0.25, 0.3) is 0 Å². The van der Waals surface area contributed by atoms with Crippen LogP contribution < -0.4 is 0 Å². The van der Waals surface area contributed by atoms with E-state index in [4.69, 9.17) is 4.84 Å². The van der Waals surface area contributed by atoms with Crippen molar-refractivity contribution in [2.75, 3.05) is 0 Å². The molecule has 1 aromatic carbocycles. The van der Waals surface area contributed by atoms with Crippen LogP contribution in [0, 0.1) is 5.92 Å². The molecule has 0 aromatic heterocycles. The second-order valence-corrected chi connectivity index (χ2v) is 6.54. The molecule has 2 aliphatic rings. The fourth-order valence-corrected chi connectivity index (χ4v) is 3.63. The quantitative estimate of drug-likeness (QED) is 0.688. The Hall–Kier alpha value is -1.31. The molecule has 2 nitrogen and oxygen atoms in total. The number of benzene rings is 1. The minimum Gasteiger partial charge on any atom is -0.387 e. The van der Waals surface area contributed by atoms with Gasteiger partial charge in [0.2, 0.25) is 0 Å². The first kappa shape index (κ1) is 14.6. The number of nitrogens with zero attached hydrogens (tertiary/aromatic N) is 1. The van der Waals surface area contributed by atoms with E-state index in [9.17, 15) is 0 Å². The molecule has 1 atom stereocenters. The van der Waals surface area contributed by atoms with Gasteiger partial charge in [0.1, 0.15) is 0 Å². The lowest BCUT2D eigenvalue weighted by molar-refractivity contribution is 0.0856. The highest BCUT2D eigenvalue weighted by atomic mass is 16.6. The maximum Gasteiger partial charge on any atom is 0.157 e. The van der Waals surface area contributed by atoms with Gasteiger partial charge in [-0.2, -0.15) is 0 Å². The van der Waals surface area contributed by atoms with Crippen molar-refractivity contribution in [1.29, 1.82) is 0 Å². The van der Waals surface area contributed by atoms with Crippen LogP contribution in [0.2, 0.25) is 0 Å². The summed E-state index contributed by atoms with van der Waals surface area (Å²) in [7, 11) is 0. The van der Waals surface area contributed by atoms with Gasteiger partial charge in [-0.05, 0) is 18.4 Å². The predicted octanol–water partition coefficient (Wildman–Crippen LogP) is 5.64. The van der Waals surface area contributed by atoms with Gasteiger partial charge in [0.05, 0.1) is 5.71 Å². The maximum atomic E-state index is 5.72. The van der Waals surface area contributed by atoms with E-state index in [0.717, 1.165) is 6.42 Å².